The first kappa shape index (κ1) is 15.5. The molecule has 0 bridgehead atoms. The third-order valence-electron chi connectivity index (χ3n) is 3.78. The van der Waals surface area contributed by atoms with Gasteiger partial charge in [-0.3, -0.25) is 4.90 Å². The number of nitrogens with two attached hydrogens (primary N) is 1. The summed E-state index contributed by atoms with van der Waals surface area (Å²) in [5.41, 5.74) is 7.12. The number of hydrogen-bond donors (Lipinski definition) is 1. The summed E-state index contributed by atoms with van der Waals surface area (Å²) in [6.07, 6.45) is 2.34. The standard InChI is InChI=1S/C15H25ClN2/c1-4-12(5-2)15(10-17)18(3)11-13-8-6-7-9-14(13)16/h6-9,12,15H,4-5,10-11,17H2,1-3H3. The topological polar surface area (TPSA) is 29.3 Å². The zero-order valence-corrected chi connectivity index (χ0v) is 12.5. The van der Waals surface area contributed by atoms with E-state index in [1.807, 2.05) is 18.2 Å². The molecule has 102 valence electrons. The molecule has 2 N–H and O–H groups in total. The van der Waals surface area contributed by atoms with Crippen LogP contribution in [0, 0.1) is 5.92 Å². The van der Waals surface area contributed by atoms with Crippen LogP contribution in [0.3, 0.4) is 0 Å². The Balaban J connectivity index is 2.73. The van der Waals surface area contributed by atoms with Gasteiger partial charge in [-0.2, -0.15) is 0 Å². The van der Waals surface area contributed by atoms with E-state index in [0.29, 0.717) is 18.5 Å². The summed E-state index contributed by atoms with van der Waals surface area (Å²) in [7, 11) is 2.14. The van der Waals surface area contributed by atoms with Crippen LogP contribution in [0.4, 0.5) is 0 Å². The molecule has 1 aromatic carbocycles. The van der Waals surface area contributed by atoms with Crippen molar-refractivity contribution in [1.82, 2.24) is 4.90 Å². The zero-order chi connectivity index (χ0) is 13.5. The van der Waals surface area contributed by atoms with E-state index in [2.05, 4.69) is 31.9 Å². The van der Waals surface area contributed by atoms with Crippen molar-refractivity contribution in [3.05, 3.63) is 34.9 Å². The van der Waals surface area contributed by atoms with Crippen LogP contribution in [-0.2, 0) is 6.54 Å². The Morgan fingerprint density at radius 2 is 1.83 bits per heavy atom. The molecule has 0 fully saturated rings. The second kappa shape index (κ2) is 7.78. The van der Waals surface area contributed by atoms with E-state index in [1.54, 1.807) is 0 Å². The molecule has 0 saturated heterocycles. The summed E-state index contributed by atoms with van der Waals surface area (Å²) in [6.45, 7) is 6.03. The first-order valence-electron chi connectivity index (χ1n) is 6.77. The fraction of sp³-hybridized carbons (Fsp3) is 0.600. The van der Waals surface area contributed by atoms with Crippen LogP contribution >= 0.6 is 11.6 Å². The summed E-state index contributed by atoms with van der Waals surface area (Å²) in [6, 6.07) is 8.45. The van der Waals surface area contributed by atoms with Crippen molar-refractivity contribution in [2.75, 3.05) is 13.6 Å². The number of likely N-dealkylation sites (N-methyl/N-ethyl adjacent to an activating group) is 1. The third-order valence-corrected chi connectivity index (χ3v) is 4.15. The molecule has 2 nitrogen and oxygen atoms in total. The van der Waals surface area contributed by atoms with Gasteiger partial charge < -0.3 is 5.73 Å². The van der Waals surface area contributed by atoms with Crippen LogP contribution in [0.1, 0.15) is 32.3 Å². The van der Waals surface area contributed by atoms with Crippen molar-refractivity contribution in [2.24, 2.45) is 11.7 Å². The fourth-order valence-corrected chi connectivity index (χ4v) is 2.77. The van der Waals surface area contributed by atoms with Gasteiger partial charge in [-0.25, -0.2) is 0 Å². The molecule has 1 rings (SSSR count). The molecule has 0 aromatic heterocycles. The maximum absolute atomic E-state index is 6.21. The predicted octanol–water partition coefficient (Wildman–Crippen LogP) is 3.54. The summed E-state index contributed by atoms with van der Waals surface area (Å²) in [5.74, 6) is 0.655. The van der Waals surface area contributed by atoms with E-state index in [1.165, 1.54) is 18.4 Å². The lowest BCUT2D eigenvalue weighted by Crippen LogP contribution is -2.42. The fourth-order valence-electron chi connectivity index (χ4n) is 2.58. The van der Waals surface area contributed by atoms with Crippen molar-refractivity contribution in [2.45, 2.75) is 39.3 Å². The second-order valence-electron chi connectivity index (χ2n) is 4.89. The van der Waals surface area contributed by atoms with Gasteiger partial charge >= 0.3 is 0 Å². The highest BCUT2D eigenvalue weighted by atomic mass is 35.5. The lowest BCUT2D eigenvalue weighted by atomic mass is 9.93. The predicted molar refractivity (Wildman–Crippen MR) is 79.8 cm³/mol. The average Bonchev–Trinajstić information content (AvgIpc) is 2.38. The number of hydrogen-bond acceptors (Lipinski definition) is 2. The maximum atomic E-state index is 6.21. The summed E-state index contributed by atoms with van der Waals surface area (Å²) in [4.78, 5) is 2.33. The van der Waals surface area contributed by atoms with Crippen molar-refractivity contribution < 1.29 is 0 Å². The minimum Gasteiger partial charge on any atom is -0.329 e. The quantitative estimate of drug-likeness (QED) is 0.820. The average molecular weight is 269 g/mol. The van der Waals surface area contributed by atoms with Crippen molar-refractivity contribution in [3.63, 3.8) is 0 Å². The summed E-state index contributed by atoms with van der Waals surface area (Å²) >= 11 is 6.21. The molecule has 0 aliphatic carbocycles. The van der Waals surface area contributed by atoms with E-state index in [9.17, 15) is 0 Å². The molecule has 0 saturated carbocycles. The Labute approximate surface area is 116 Å². The molecule has 0 spiro atoms. The molecular formula is C15H25ClN2. The highest BCUT2D eigenvalue weighted by Crippen LogP contribution is 2.21. The first-order valence-corrected chi connectivity index (χ1v) is 7.15. The van der Waals surface area contributed by atoms with Gasteiger partial charge in [0.15, 0.2) is 0 Å². The molecule has 1 aromatic rings. The van der Waals surface area contributed by atoms with Gasteiger partial charge in [0, 0.05) is 24.2 Å². The Kier molecular flexibility index (Phi) is 6.69. The van der Waals surface area contributed by atoms with E-state index < -0.39 is 0 Å². The molecule has 0 amide bonds. The van der Waals surface area contributed by atoms with Gasteiger partial charge in [-0.1, -0.05) is 56.5 Å². The normalized spacial score (nSPS) is 13.3. The third kappa shape index (κ3) is 3.98. The molecule has 0 aliphatic rings. The smallest absolute Gasteiger partial charge is 0.0451 e. The van der Waals surface area contributed by atoms with Crippen molar-refractivity contribution in [3.8, 4) is 0 Å². The molecule has 3 heteroatoms. The zero-order valence-electron chi connectivity index (χ0n) is 11.7. The lowest BCUT2D eigenvalue weighted by Gasteiger charge is -2.33. The Hall–Kier alpha value is -0.570. The molecule has 1 atom stereocenters. The highest BCUT2D eigenvalue weighted by Gasteiger charge is 2.21. The number of nitrogens with zero attached hydrogens (tertiary/aromatic N) is 1. The monoisotopic (exact) mass is 268 g/mol. The van der Waals surface area contributed by atoms with E-state index in [-0.39, 0.29) is 0 Å². The van der Waals surface area contributed by atoms with Gasteiger partial charge in [-0.15, -0.1) is 0 Å². The minimum absolute atomic E-state index is 0.427. The second-order valence-corrected chi connectivity index (χ2v) is 5.29. The molecule has 1 unspecified atom stereocenters. The van der Waals surface area contributed by atoms with E-state index in [0.717, 1.165) is 11.6 Å². The number of rotatable bonds is 7. The minimum atomic E-state index is 0.427. The largest absolute Gasteiger partial charge is 0.329 e. The summed E-state index contributed by atoms with van der Waals surface area (Å²) < 4.78 is 0. The molecule has 18 heavy (non-hydrogen) atoms. The number of benzene rings is 1. The van der Waals surface area contributed by atoms with Crippen LogP contribution in [0.15, 0.2) is 24.3 Å². The van der Waals surface area contributed by atoms with Crippen molar-refractivity contribution >= 4 is 11.6 Å². The highest BCUT2D eigenvalue weighted by molar-refractivity contribution is 6.31. The van der Waals surface area contributed by atoms with Crippen LogP contribution in [-0.4, -0.2) is 24.5 Å². The van der Waals surface area contributed by atoms with E-state index in [4.69, 9.17) is 17.3 Å². The summed E-state index contributed by atoms with van der Waals surface area (Å²) in [5, 5.41) is 0.838. The Morgan fingerprint density at radius 3 is 2.33 bits per heavy atom. The lowest BCUT2D eigenvalue weighted by molar-refractivity contribution is 0.165. The van der Waals surface area contributed by atoms with Crippen LogP contribution in [0.25, 0.3) is 0 Å². The maximum Gasteiger partial charge on any atom is 0.0451 e. The van der Waals surface area contributed by atoms with E-state index >= 15 is 0 Å². The van der Waals surface area contributed by atoms with Gasteiger partial charge in [0.05, 0.1) is 0 Å². The Morgan fingerprint density at radius 1 is 1.22 bits per heavy atom. The van der Waals surface area contributed by atoms with Crippen LogP contribution in [0.5, 0.6) is 0 Å². The van der Waals surface area contributed by atoms with Crippen molar-refractivity contribution in [1.29, 1.82) is 0 Å². The van der Waals surface area contributed by atoms with Gasteiger partial charge in [0.2, 0.25) is 0 Å². The molecule has 0 heterocycles. The SMILES string of the molecule is CCC(CC)C(CN)N(C)Cc1ccccc1Cl. The van der Waals surface area contributed by atoms with Gasteiger partial charge in [-0.05, 0) is 24.6 Å². The first-order chi connectivity index (χ1) is 8.63. The molecular weight excluding hydrogens is 244 g/mol. The molecule has 0 radical (unpaired) electrons. The molecule has 0 aliphatic heterocycles. The van der Waals surface area contributed by atoms with Crippen LogP contribution in [0.2, 0.25) is 5.02 Å². The van der Waals surface area contributed by atoms with Crippen LogP contribution < -0.4 is 5.73 Å². The number of halogens is 1. The van der Waals surface area contributed by atoms with Gasteiger partial charge in [0.25, 0.3) is 0 Å². The Bertz CT molecular complexity index is 350. The van der Waals surface area contributed by atoms with Gasteiger partial charge in [0.1, 0.15) is 0 Å².